The van der Waals surface area contributed by atoms with Crippen LogP contribution in [0.25, 0.3) is 0 Å². The maximum atomic E-state index is 12.8. The van der Waals surface area contributed by atoms with Crippen LogP contribution in [0.5, 0.6) is 5.75 Å². The SMILES string of the molecule is COC(=O)C[C@@H]1C[C@@H]2C(=O)c3cccc(O)c3C(=O)[C@@]2(O)[C@@H](C)O1. The lowest BCUT2D eigenvalue weighted by Gasteiger charge is -2.47. The topological polar surface area (TPSA) is 110 Å². The summed E-state index contributed by atoms with van der Waals surface area (Å²) in [7, 11) is 1.25. The molecule has 0 spiro atoms. The molecule has 3 rings (SSSR count). The van der Waals surface area contributed by atoms with Crippen LogP contribution in [0.1, 0.15) is 40.5 Å². The Morgan fingerprint density at radius 2 is 2.12 bits per heavy atom. The van der Waals surface area contributed by atoms with Crippen molar-refractivity contribution in [3.8, 4) is 5.75 Å². The summed E-state index contributed by atoms with van der Waals surface area (Å²) in [6.45, 7) is 1.48. The molecule has 2 N–H and O–H groups in total. The fraction of sp³-hybridized carbons (Fsp3) is 0.471. The van der Waals surface area contributed by atoms with Gasteiger partial charge in [-0.2, -0.15) is 0 Å². The fourth-order valence-electron chi connectivity index (χ4n) is 3.60. The predicted octanol–water partition coefficient (Wildman–Crippen LogP) is 0.859. The minimum absolute atomic E-state index is 0.0234. The van der Waals surface area contributed by atoms with Crippen LogP contribution < -0.4 is 0 Å². The number of methoxy groups -OCH3 is 1. The van der Waals surface area contributed by atoms with E-state index in [9.17, 15) is 24.6 Å². The first-order chi connectivity index (χ1) is 11.3. The molecular weight excluding hydrogens is 316 g/mol. The third-order valence-electron chi connectivity index (χ3n) is 4.88. The molecular formula is C17H18O7. The van der Waals surface area contributed by atoms with Gasteiger partial charge in [-0.3, -0.25) is 14.4 Å². The van der Waals surface area contributed by atoms with Crippen LogP contribution in [0.3, 0.4) is 0 Å². The first-order valence-electron chi connectivity index (χ1n) is 7.66. The van der Waals surface area contributed by atoms with Gasteiger partial charge in [0.2, 0.25) is 5.78 Å². The molecule has 0 radical (unpaired) electrons. The van der Waals surface area contributed by atoms with Gasteiger partial charge in [-0.25, -0.2) is 0 Å². The van der Waals surface area contributed by atoms with Crippen molar-refractivity contribution in [2.24, 2.45) is 5.92 Å². The maximum Gasteiger partial charge on any atom is 0.308 e. The smallest absolute Gasteiger partial charge is 0.308 e. The lowest BCUT2D eigenvalue weighted by atomic mass is 9.65. The van der Waals surface area contributed by atoms with Gasteiger partial charge in [0.25, 0.3) is 0 Å². The van der Waals surface area contributed by atoms with Crippen LogP contribution in [0.2, 0.25) is 0 Å². The van der Waals surface area contributed by atoms with E-state index < -0.39 is 41.3 Å². The van der Waals surface area contributed by atoms with Gasteiger partial charge in [-0.05, 0) is 19.4 Å². The van der Waals surface area contributed by atoms with Gasteiger partial charge < -0.3 is 19.7 Å². The van der Waals surface area contributed by atoms with E-state index in [1.165, 1.54) is 32.2 Å². The molecule has 0 amide bonds. The van der Waals surface area contributed by atoms with E-state index in [0.29, 0.717) is 0 Å². The number of aliphatic hydroxyl groups is 1. The Balaban J connectivity index is 2.03. The number of phenolic OH excluding ortho intramolecular Hbond substituents is 1. The zero-order valence-electron chi connectivity index (χ0n) is 13.3. The van der Waals surface area contributed by atoms with E-state index in [2.05, 4.69) is 4.74 Å². The molecule has 1 aliphatic heterocycles. The summed E-state index contributed by atoms with van der Waals surface area (Å²) in [4.78, 5) is 37.1. The Morgan fingerprint density at radius 1 is 1.42 bits per heavy atom. The van der Waals surface area contributed by atoms with Crippen molar-refractivity contribution < 1.29 is 34.1 Å². The first-order valence-corrected chi connectivity index (χ1v) is 7.66. The minimum Gasteiger partial charge on any atom is -0.507 e. The van der Waals surface area contributed by atoms with Gasteiger partial charge in [0.05, 0.1) is 37.2 Å². The van der Waals surface area contributed by atoms with E-state index in [4.69, 9.17) is 4.74 Å². The number of aromatic hydroxyl groups is 1. The lowest BCUT2D eigenvalue weighted by Crippen LogP contribution is -2.64. The third-order valence-corrected chi connectivity index (χ3v) is 4.88. The molecule has 1 saturated heterocycles. The van der Waals surface area contributed by atoms with Gasteiger partial charge in [-0.15, -0.1) is 0 Å². The highest BCUT2D eigenvalue weighted by atomic mass is 16.5. The Hall–Kier alpha value is -2.25. The second-order valence-corrected chi connectivity index (χ2v) is 6.19. The number of carbonyl (C=O) groups is 3. The van der Waals surface area contributed by atoms with E-state index in [1.807, 2.05) is 0 Å². The number of ketones is 2. The molecule has 1 fully saturated rings. The quantitative estimate of drug-likeness (QED) is 0.772. The normalized spacial score (nSPS) is 32.0. The highest BCUT2D eigenvalue weighted by Crippen LogP contribution is 2.45. The first kappa shape index (κ1) is 16.6. The third kappa shape index (κ3) is 2.23. The van der Waals surface area contributed by atoms with Crippen molar-refractivity contribution in [2.45, 2.75) is 37.6 Å². The number of rotatable bonds is 2. The molecule has 2 aliphatic rings. The van der Waals surface area contributed by atoms with E-state index >= 15 is 0 Å². The second kappa shape index (κ2) is 5.68. The summed E-state index contributed by atoms with van der Waals surface area (Å²) < 4.78 is 10.2. The van der Waals surface area contributed by atoms with Crippen LogP contribution in [0.15, 0.2) is 18.2 Å². The Bertz CT molecular complexity index is 726. The number of carbonyl (C=O) groups excluding carboxylic acids is 3. The summed E-state index contributed by atoms with van der Waals surface area (Å²) in [6.07, 6.45) is -1.68. The van der Waals surface area contributed by atoms with Crippen molar-refractivity contribution in [1.29, 1.82) is 0 Å². The number of phenols is 1. The van der Waals surface area contributed by atoms with Crippen molar-refractivity contribution in [1.82, 2.24) is 0 Å². The number of fused-ring (bicyclic) bond motifs is 2. The van der Waals surface area contributed by atoms with Gasteiger partial charge in [0.15, 0.2) is 11.4 Å². The molecule has 0 bridgehead atoms. The highest BCUT2D eigenvalue weighted by Gasteiger charge is 2.60. The summed E-state index contributed by atoms with van der Waals surface area (Å²) in [5, 5.41) is 20.9. The fourth-order valence-corrected chi connectivity index (χ4v) is 3.60. The maximum absolute atomic E-state index is 12.8. The second-order valence-electron chi connectivity index (χ2n) is 6.19. The number of benzene rings is 1. The van der Waals surface area contributed by atoms with Crippen molar-refractivity contribution >= 4 is 17.5 Å². The molecule has 1 aromatic carbocycles. The van der Waals surface area contributed by atoms with Crippen LogP contribution in [-0.2, 0) is 14.3 Å². The molecule has 0 unspecified atom stereocenters. The summed E-state index contributed by atoms with van der Waals surface area (Å²) in [6, 6.07) is 4.21. The van der Waals surface area contributed by atoms with Gasteiger partial charge >= 0.3 is 5.97 Å². The number of esters is 1. The Morgan fingerprint density at radius 3 is 2.79 bits per heavy atom. The Labute approximate surface area is 138 Å². The van der Waals surface area contributed by atoms with Gasteiger partial charge in [0, 0.05) is 5.56 Å². The van der Waals surface area contributed by atoms with Crippen LogP contribution in [0.4, 0.5) is 0 Å². The molecule has 128 valence electrons. The number of ether oxygens (including phenoxy) is 2. The lowest BCUT2D eigenvalue weighted by molar-refractivity contribution is -0.175. The average molecular weight is 334 g/mol. The number of hydrogen-bond donors (Lipinski definition) is 2. The van der Waals surface area contributed by atoms with Gasteiger partial charge in [-0.1, -0.05) is 12.1 Å². The Kier molecular flexibility index (Phi) is 3.93. The summed E-state index contributed by atoms with van der Waals surface area (Å²) in [5.74, 6) is -3.04. The van der Waals surface area contributed by atoms with Crippen LogP contribution in [0, 0.1) is 5.92 Å². The largest absolute Gasteiger partial charge is 0.507 e. The van der Waals surface area contributed by atoms with Crippen molar-refractivity contribution in [2.75, 3.05) is 7.11 Å². The predicted molar refractivity (Wildman–Crippen MR) is 80.8 cm³/mol. The highest BCUT2D eigenvalue weighted by molar-refractivity contribution is 6.20. The zero-order chi connectivity index (χ0) is 17.6. The summed E-state index contributed by atoms with van der Waals surface area (Å²) in [5.41, 5.74) is -2.15. The van der Waals surface area contributed by atoms with Crippen LogP contribution in [-0.4, -0.2) is 52.7 Å². The van der Waals surface area contributed by atoms with E-state index in [1.54, 1.807) is 0 Å². The molecule has 7 heteroatoms. The average Bonchev–Trinajstić information content (AvgIpc) is 2.55. The molecule has 0 saturated carbocycles. The molecule has 24 heavy (non-hydrogen) atoms. The van der Waals surface area contributed by atoms with Crippen molar-refractivity contribution in [3.63, 3.8) is 0 Å². The molecule has 0 aromatic heterocycles. The molecule has 1 aliphatic carbocycles. The molecule has 4 atom stereocenters. The van der Waals surface area contributed by atoms with Crippen molar-refractivity contribution in [3.05, 3.63) is 29.3 Å². The number of Topliss-reactive ketones (excluding diaryl/α,β-unsaturated/α-hetero) is 2. The van der Waals surface area contributed by atoms with E-state index in [0.717, 1.165) is 0 Å². The molecule has 1 heterocycles. The number of hydrogen-bond acceptors (Lipinski definition) is 7. The summed E-state index contributed by atoms with van der Waals surface area (Å²) >= 11 is 0. The van der Waals surface area contributed by atoms with Crippen LogP contribution >= 0.6 is 0 Å². The minimum atomic E-state index is -2.06. The zero-order valence-corrected chi connectivity index (χ0v) is 13.3. The molecule has 1 aromatic rings. The van der Waals surface area contributed by atoms with E-state index in [-0.39, 0.29) is 29.7 Å². The molecule has 7 nitrogen and oxygen atoms in total. The monoisotopic (exact) mass is 334 g/mol. The van der Waals surface area contributed by atoms with Gasteiger partial charge in [0.1, 0.15) is 5.75 Å². The standard InChI is InChI=1S/C17H18O7/c1-8-17(22)11(6-9(24-8)7-13(19)23-2)15(20)10-4-3-5-12(18)14(10)16(17)21/h3-5,8-9,11,18,22H,6-7H2,1-2H3/t8-,9+,11-,17-/m1/s1.